The summed E-state index contributed by atoms with van der Waals surface area (Å²) in [5, 5.41) is 15.0. The molecule has 10 heteroatoms. The highest BCUT2D eigenvalue weighted by atomic mass is 32.1. The lowest BCUT2D eigenvalue weighted by molar-refractivity contribution is -0.380. The monoisotopic (exact) mass is 377 g/mol. The molecule has 0 bridgehead atoms. The van der Waals surface area contributed by atoms with Crippen LogP contribution in [0.3, 0.4) is 0 Å². The van der Waals surface area contributed by atoms with Crippen LogP contribution in [-0.4, -0.2) is 29.4 Å². The molecule has 0 saturated heterocycles. The number of hydrogen-bond acceptors (Lipinski definition) is 7. The lowest BCUT2D eigenvalue weighted by atomic mass is 10.1. The molecule has 0 unspecified atom stereocenters. The predicted octanol–water partition coefficient (Wildman–Crippen LogP) is 2.40. The molecule has 9 nitrogen and oxygen atoms in total. The minimum Gasteiger partial charge on any atom is -0.443 e. The molecule has 0 aliphatic carbocycles. The molecule has 3 amide bonds. The van der Waals surface area contributed by atoms with Gasteiger partial charge in [0.1, 0.15) is 4.88 Å². The molecule has 0 saturated carbocycles. The number of carbonyl (C=O) groups excluding carboxylic acids is 3. The molecule has 1 aromatic heterocycles. The average Bonchev–Trinajstić information content (AvgIpc) is 3.11. The van der Waals surface area contributed by atoms with Gasteiger partial charge in [-0.1, -0.05) is 41.7 Å². The van der Waals surface area contributed by atoms with Gasteiger partial charge in [0, 0.05) is 18.2 Å². The van der Waals surface area contributed by atoms with Crippen LogP contribution in [0.15, 0.2) is 42.5 Å². The lowest BCUT2D eigenvalue weighted by Gasteiger charge is -2.17. The summed E-state index contributed by atoms with van der Waals surface area (Å²) >= 11 is 0.635. The van der Waals surface area contributed by atoms with Gasteiger partial charge in [-0.3, -0.25) is 20.2 Å². The van der Waals surface area contributed by atoms with E-state index < -0.39 is 28.9 Å². The van der Waals surface area contributed by atoms with Crippen LogP contribution < -0.4 is 10.6 Å². The molecule has 136 valence electrons. The Morgan fingerprint density at radius 2 is 1.88 bits per heavy atom. The van der Waals surface area contributed by atoms with E-state index in [0.29, 0.717) is 23.4 Å². The highest BCUT2D eigenvalue weighted by Crippen LogP contribution is 2.27. The van der Waals surface area contributed by atoms with Gasteiger partial charge in [-0.2, -0.15) is 0 Å². The van der Waals surface area contributed by atoms with Crippen molar-refractivity contribution in [2.75, 3.05) is 6.54 Å². The number of nitro groups is 1. The Balaban J connectivity index is 2.20. The molecule has 1 heterocycles. The summed E-state index contributed by atoms with van der Waals surface area (Å²) in [5.41, 5.74) is 0.355. The highest BCUT2D eigenvalue weighted by Gasteiger charge is 2.28. The predicted molar refractivity (Wildman–Crippen MR) is 92.8 cm³/mol. The van der Waals surface area contributed by atoms with Crippen LogP contribution in [-0.2, 0) is 9.53 Å². The van der Waals surface area contributed by atoms with Gasteiger partial charge in [0.05, 0.1) is 4.92 Å². The number of nitrogens with zero attached hydrogens (tertiary/aromatic N) is 1. The van der Waals surface area contributed by atoms with Crippen molar-refractivity contribution < 1.29 is 24.0 Å². The standard InChI is InChI=1S/C16H15N3O6S/c1-2-17-16(22)18-14(20)13(10-6-4-3-5-7-10)25-15(21)11-8-9-12(26-11)19(23)24/h3-9,13H,2H2,1H3,(H2,17,18,20,22)/t13-/m0/s1. The number of carbonyl (C=O) groups is 3. The summed E-state index contributed by atoms with van der Waals surface area (Å²) in [6.45, 7) is 2.00. The van der Waals surface area contributed by atoms with Crippen LogP contribution in [0.2, 0.25) is 0 Å². The van der Waals surface area contributed by atoms with Crippen LogP contribution in [0.5, 0.6) is 0 Å². The van der Waals surface area contributed by atoms with Gasteiger partial charge in [0.15, 0.2) is 0 Å². The van der Waals surface area contributed by atoms with Crippen molar-refractivity contribution in [2.24, 2.45) is 0 Å². The van der Waals surface area contributed by atoms with Crippen LogP contribution in [0.4, 0.5) is 9.80 Å². The van der Waals surface area contributed by atoms with E-state index in [4.69, 9.17) is 4.74 Å². The highest BCUT2D eigenvalue weighted by molar-refractivity contribution is 7.17. The smallest absolute Gasteiger partial charge is 0.349 e. The van der Waals surface area contributed by atoms with Crippen molar-refractivity contribution in [3.8, 4) is 0 Å². The van der Waals surface area contributed by atoms with Crippen molar-refractivity contribution >= 4 is 34.2 Å². The fourth-order valence-electron chi connectivity index (χ4n) is 1.98. The van der Waals surface area contributed by atoms with Crippen molar-refractivity contribution in [2.45, 2.75) is 13.0 Å². The Morgan fingerprint density at radius 3 is 2.46 bits per heavy atom. The maximum atomic E-state index is 12.4. The Hall–Kier alpha value is -3.27. The number of hydrogen-bond donors (Lipinski definition) is 2. The number of urea groups is 1. The molecule has 1 aromatic carbocycles. The first-order valence-corrected chi connectivity index (χ1v) is 8.33. The van der Waals surface area contributed by atoms with E-state index in [9.17, 15) is 24.5 Å². The molecule has 26 heavy (non-hydrogen) atoms. The number of thiophene rings is 1. The fourth-order valence-corrected chi connectivity index (χ4v) is 2.69. The van der Waals surface area contributed by atoms with Gasteiger partial charge in [-0.15, -0.1) is 0 Å². The number of rotatable bonds is 6. The average molecular weight is 377 g/mol. The van der Waals surface area contributed by atoms with E-state index in [2.05, 4.69) is 10.6 Å². The maximum Gasteiger partial charge on any atom is 0.349 e. The second kappa shape index (κ2) is 8.72. The van der Waals surface area contributed by atoms with E-state index in [-0.39, 0.29) is 9.88 Å². The van der Waals surface area contributed by atoms with Gasteiger partial charge in [-0.25, -0.2) is 9.59 Å². The number of ether oxygens (including phenoxy) is 1. The third-order valence-corrected chi connectivity index (χ3v) is 4.13. The van der Waals surface area contributed by atoms with Gasteiger partial charge >= 0.3 is 17.0 Å². The zero-order valence-corrected chi connectivity index (χ0v) is 14.4. The molecule has 0 aliphatic heterocycles. The van der Waals surface area contributed by atoms with E-state index in [0.717, 1.165) is 0 Å². The number of amides is 3. The van der Waals surface area contributed by atoms with Crippen molar-refractivity contribution in [3.63, 3.8) is 0 Å². The first kappa shape index (κ1) is 19.1. The molecule has 0 spiro atoms. The summed E-state index contributed by atoms with van der Waals surface area (Å²) in [6.07, 6.45) is -1.38. The SMILES string of the molecule is CCNC(=O)NC(=O)[C@@H](OC(=O)c1ccc([N+](=O)[O-])s1)c1ccccc1. The normalized spacial score (nSPS) is 11.3. The Labute approximate surface area is 152 Å². The zero-order chi connectivity index (χ0) is 19.1. The van der Waals surface area contributed by atoms with Crippen LogP contribution in [0.1, 0.15) is 28.3 Å². The van der Waals surface area contributed by atoms with Crippen molar-refractivity contribution in [1.82, 2.24) is 10.6 Å². The Morgan fingerprint density at radius 1 is 1.19 bits per heavy atom. The number of esters is 1. The number of nitrogens with one attached hydrogen (secondary N) is 2. The van der Waals surface area contributed by atoms with Crippen molar-refractivity contribution in [1.29, 1.82) is 0 Å². The molecule has 0 aliphatic rings. The molecular formula is C16H15N3O6S. The largest absolute Gasteiger partial charge is 0.443 e. The number of benzene rings is 1. The van der Waals surface area contributed by atoms with E-state index in [1.165, 1.54) is 12.1 Å². The number of imide groups is 1. The van der Waals surface area contributed by atoms with Gasteiger partial charge in [0.25, 0.3) is 5.91 Å². The summed E-state index contributed by atoms with van der Waals surface area (Å²) in [4.78, 5) is 46.3. The molecule has 1 atom stereocenters. The van der Waals surface area contributed by atoms with E-state index in [1.54, 1.807) is 37.3 Å². The van der Waals surface area contributed by atoms with Gasteiger partial charge in [-0.05, 0) is 13.0 Å². The minimum atomic E-state index is -1.38. The molecule has 0 fully saturated rings. The van der Waals surface area contributed by atoms with Crippen LogP contribution >= 0.6 is 11.3 Å². The molecule has 2 rings (SSSR count). The topological polar surface area (TPSA) is 128 Å². The molecule has 2 N–H and O–H groups in total. The Kier molecular flexibility index (Phi) is 6.39. The first-order chi connectivity index (χ1) is 12.4. The Bertz CT molecular complexity index is 820. The van der Waals surface area contributed by atoms with Crippen LogP contribution in [0, 0.1) is 10.1 Å². The third-order valence-electron chi connectivity index (χ3n) is 3.11. The summed E-state index contributed by atoms with van der Waals surface area (Å²) in [7, 11) is 0. The summed E-state index contributed by atoms with van der Waals surface area (Å²) in [6, 6.07) is 9.83. The van der Waals surface area contributed by atoms with Gasteiger partial charge in [0.2, 0.25) is 6.10 Å². The lowest BCUT2D eigenvalue weighted by Crippen LogP contribution is -2.42. The molecule has 0 radical (unpaired) electrons. The van der Waals surface area contributed by atoms with E-state index >= 15 is 0 Å². The third kappa shape index (κ3) is 4.86. The second-order valence-corrected chi connectivity index (χ2v) is 6.00. The van der Waals surface area contributed by atoms with Gasteiger partial charge < -0.3 is 10.1 Å². The summed E-state index contributed by atoms with van der Waals surface area (Å²) < 4.78 is 5.21. The van der Waals surface area contributed by atoms with Crippen LogP contribution in [0.25, 0.3) is 0 Å². The quantitative estimate of drug-likeness (QED) is 0.452. The minimum absolute atomic E-state index is 0.0246. The van der Waals surface area contributed by atoms with E-state index in [1.807, 2.05) is 0 Å². The second-order valence-electron chi connectivity index (χ2n) is 4.94. The summed E-state index contributed by atoms with van der Waals surface area (Å²) in [5.74, 6) is -1.73. The zero-order valence-electron chi connectivity index (χ0n) is 13.6. The fraction of sp³-hybridized carbons (Fsp3) is 0.188. The first-order valence-electron chi connectivity index (χ1n) is 7.51. The molecular weight excluding hydrogens is 362 g/mol. The maximum absolute atomic E-state index is 12.4. The van der Waals surface area contributed by atoms with Crippen molar-refractivity contribution in [3.05, 3.63) is 63.0 Å². The molecule has 2 aromatic rings.